The summed E-state index contributed by atoms with van der Waals surface area (Å²) in [7, 11) is 1.66. The third-order valence-electron chi connectivity index (χ3n) is 8.14. The minimum absolute atomic E-state index is 0.263. The molecule has 41 heavy (non-hydrogen) atoms. The molecule has 8 nitrogen and oxygen atoms in total. The van der Waals surface area contributed by atoms with Gasteiger partial charge in [-0.25, -0.2) is 9.97 Å². The Morgan fingerprint density at radius 3 is 2.59 bits per heavy atom. The molecule has 1 saturated heterocycles. The largest absolute Gasteiger partial charge is 0.494 e. The van der Waals surface area contributed by atoms with Crippen LogP contribution in [0.4, 0.5) is 17.3 Å². The van der Waals surface area contributed by atoms with E-state index in [1.807, 2.05) is 45.9 Å². The van der Waals surface area contributed by atoms with E-state index in [-0.39, 0.29) is 5.78 Å². The summed E-state index contributed by atoms with van der Waals surface area (Å²) in [6.07, 6.45) is 3.49. The van der Waals surface area contributed by atoms with Crippen molar-refractivity contribution in [3.8, 4) is 5.75 Å². The van der Waals surface area contributed by atoms with Gasteiger partial charge < -0.3 is 20.1 Å². The van der Waals surface area contributed by atoms with Gasteiger partial charge in [-0.05, 0) is 69.4 Å². The third-order valence-corrected chi connectivity index (χ3v) is 8.45. The van der Waals surface area contributed by atoms with Gasteiger partial charge in [0.2, 0.25) is 5.95 Å². The smallest absolute Gasteiger partial charge is 0.227 e. The SMILES string of the molecule is COc1cc(N2CCN(CC(C)(C)O)CC2)ccc1Nc1ncc(Cl)c(CCc2cccc3c2C(C)(C)C(=O)C3)n1. The van der Waals surface area contributed by atoms with E-state index in [1.165, 1.54) is 5.56 Å². The molecule has 9 heteroatoms. The molecule has 0 bridgehead atoms. The fourth-order valence-corrected chi connectivity index (χ4v) is 6.23. The van der Waals surface area contributed by atoms with E-state index < -0.39 is 11.0 Å². The number of fused-ring (bicyclic) bond motifs is 1. The molecule has 3 aromatic rings. The molecule has 0 spiro atoms. The highest BCUT2D eigenvalue weighted by atomic mass is 35.5. The number of ketones is 1. The lowest BCUT2D eigenvalue weighted by molar-refractivity contribution is -0.121. The van der Waals surface area contributed by atoms with Crippen molar-refractivity contribution in [1.29, 1.82) is 0 Å². The van der Waals surface area contributed by atoms with E-state index in [9.17, 15) is 9.90 Å². The summed E-state index contributed by atoms with van der Waals surface area (Å²) < 4.78 is 5.72. The zero-order valence-corrected chi connectivity index (χ0v) is 25.4. The van der Waals surface area contributed by atoms with Crippen LogP contribution in [0.25, 0.3) is 0 Å². The second-order valence-corrected chi connectivity index (χ2v) is 12.7. The van der Waals surface area contributed by atoms with E-state index in [2.05, 4.69) is 38.3 Å². The number of rotatable bonds is 9. The molecule has 5 rings (SSSR count). The van der Waals surface area contributed by atoms with Crippen molar-refractivity contribution < 1.29 is 14.6 Å². The average molecular weight is 578 g/mol. The minimum atomic E-state index is -0.693. The maximum atomic E-state index is 12.6. The number of benzene rings is 2. The Kier molecular flexibility index (Phi) is 8.28. The number of hydrogen-bond donors (Lipinski definition) is 2. The number of aryl methyl sites for hydroxylation is 2. The molecule has 2 heterocycles. The van der Waals surface area contributed by atoms with Crippen molar-refractivity contribution in [2.24, 2.45) is 0 Å². The summed E-state index contributed by atoms with van der Waals surface area (Å²) in [5.41, 5.74) is 4.89. The van der Waals surface area contributed by atoms with Crippen LogP contribution in [0.2, 0.25) is 5.02 Å². The first-order chi connectivity index (χ1) is 19.4. The van der Waals surface area contributed by atoms with Gasteiger partial charge in [-0.15, -0.1) is 0 Å². The zero-order valence-electron chi connectivity index (χ0n) is 24.6. The number of carbonyl (C=O) groups is 1. The van der Waals surface area contributed by atoms with Crippen LogP contribution in [-0.4, -0.2) is 71.2 Å². The highest BCUT2D eigenvalue weighted by molar-refractivity contribution is 6.31. The maximum Gasteiger partial charge on any atom is 0.227 e. The van der Waals surface area contributed by atoms with Gasteiger partial charge in [-0.1, -0.05) is 29.8 Å². The molecular weight excluding hydrogens is 538 g/mol. The van der Waals surface area contributed by atoms with Crippen LogP contribution >= 0.6 is 11.6 Å². The first kappa shape index (κ1) is 29.3. The Bertz CT molecular complexity index is 1430. The summed E-state index contributed by atoms with van der Waals surface area (Å²) in [5, 5.41) is 14.0. The summed E-state index contributed by atoms with van der Waals surface area (Å²) in [6.45, 7) is 11.9. The standard InChI is InChI=1S/C32H40ClN5O3/c1-31(2,40)20-37-13-15-38(16-14-37)23-10-12-26(27(18-23)41-5)36-30-34-19-24(33)25(35-30)11-9-21-7-6-8-22-17-28(39)32(3,4)29(21)22/h6-8,10,12,18-19,40H,9,11,13-17,20H2,1-5H3,(H,34,35,36). The number of hydrogen-bond acceptors (Lipinski definition) is 8. The fraction of sp³-hybridized carbons (Fsp3) is 0.469. The molecule has 1 aliphatic carbocycles. The van der Waals surface area contributed by atoms with E-state index in [0.29, 0.717) is 36.1 Å². The third kappa shape index (κ3) is 6.50. The summed E-state index contributed by atoms with van der Waals surface area (Å²) in [5.74, 6) is 1.41. The fourth-order valence-electron chi connectivity index (χ4n) is 6.05. The van der Waals surface area contributed by atoms with Crippen molar-refractivity contribution in [1.82, 2.24) is 14.9 Å². The monoisotopic (exact) mass is 577 g/mol. The number of anilines is 3. The zero-order chi connectivity index (χ0) is 29.4. The van der Waals surface area contributed by atoms with Gasteiger partial charge in [0.15, 0.2) is 0 Å². The lowest BCUT2D eigenvalue weighted by atomic mass is 9.82. The topological polar surface area (TPSA) is 90.8 Å². The maximum absolute atomic E-state index is 12.6. The van der Waals surface area contributed by atoms with E-state index in [1.54, 1.807) is 13.3 Å². The highest BCUT2D eigenvalue weighted by Crippen LogP contribution is 2.38. The van der Waals surface area contributed by atoms with Crippen molar-refractivity contribution in [2.45, 2.75) is 58.0 Å². The van der Waals surface area contributed by atoms with Gasteiger partial charge in [0, 0.05) is 56.3 Å². The number of nitrogens with zero attached hydrogens (tertiary/aromatic N) is 4. The molecule has 2 N–H and O–H groups in total. The van der Waals surface area contributed by atoms with Crippen LogP contribution in [0.5, 0.6) is 5.75 Å². The molecule has 218 valence electrons. The second kappa shape index (κ2) is 11.6. The van der Waals surface area contributed by atoms with Gasteiger partial charge >= 0.3 is 0 Å². The Balaban J connectivity index is 1.27. The summed E-state index contributed by atoms with van der Waals surface area (Å²) >= 11 is 6.52. The van der Waals surface area contributed by atoms with Crippen molar-refractivity contribution in [2.75, 3.05) is 50.1 Å². The summed E-state index contributed by atoms with van der Waals surface area (Å²) in [4.78, 5) is 26.4. The Morgan fingerprint density at radius 2 is 1.88 bits per heavy atom. The van der Waals surface area contributed by atoms with E-state index in [0.717, 1.165) is 60.8 Å². The van der Waals surface area contributed by atoms with Gasteiger partial charge in [-0.2, -0.15) is 0 Å². The minimum Gasteiger partial charge on any atom is -0.494 e. The average Bonchev–Trinajstić information content (AvgIpc) is 3.16. The lowest BCUT2D eigenvalue weighted by Gasteiger charge is -2.38. The van der Waals surface area contributed by atoms with Crippen LogP contribution in [0, 0.1) is 0 Å². The number of methoxy groups -OCH3 is 1. The molecule has 0 atom stereocenters. The van der Waals surface area contributed by atoms with Gasteiger partial charge in [0.25, 0.3) is 0 Å². The highest BCUT2D eigenvalue weighted by Gasteiger charge is 2.39. The van der Waals surface area contributed by atoms with Crippen LogP contribution in [0.3, 0.4) is 0 Å². The van der Waals surface area contributed by atoms with Crippen molar-refractivity contribution in [3.05, 3.63) is 70.0 Å². The molecule has 0 amide bonds. The van der Waals surface area contributed by atoms with Crippen LogP contribution < -0.4 is 15.0 Å². The summed E-state index contributed by atoms with van der Waals surface area (Å²) in [6, 6.07) is 12.3. The van der Waals surface area contributed by atoms with Crippen LogP contribution in [-0.2, 0) is 29.5 Å². The number of Topliss-reactive ketones (excluding diaryl/α,β-unsaturated/α-hetero) is 1. The second-order valence-electron chi connectivity index (χ2n) is 12.2. The first-order valence-electron chi connectivity index (χ1n) is 14.3. The molecule has 0 radical (unpaired) electrons. The number of nitrogens with one attached hydrogen (secondary N) is 1. The van der Waals surface area contributed by atoms with Crippen LogP contribution in [0.15, 0.2) is 42.6 Å². The van der Waals surface area contributed by atoms with Gasteiger partial charge in [0.05, 0.1) is 35.3 Å². The number of ether oxygens (including phenoxy) is 1. The van der Waals surface area contributed by atoms with E-state index in [4.69, 9.17) is 21.3 Å². The Labute approximate surface area is 247 Å². The molecule has 0 unspecified atom stereocenters. The molecule has 1 aromatic heterocycles. The number of carbonyl (C=O) groups excluding carboxylic acids is 1. The predicted molar refractivity (Wildman–Crippen MR) is 164 cm³/mol. The lowest BCUT2D eigenvalue weighted by Crippen LogP contribution is -2.50. The van der Waals surface area contributed by atoms with Gasteiger partial charge in [0.1, 0.15) is 11.5 Å². The molecule has 1 aliphatic heterocycles. The normalized spacial score (nSPS) is 17.0. The number of halogens is 1. The Morgan fingerprint density at radius 1 is 1.12 bits per heavy atom. The van der Waals surface area contributed by atoms with Gasteiger partial charge in [-0.3, -0.25) is 9.69 Å². The number of aromatic nitrogens is 2. The van der Waals surface area contributed by atoms with E-state index >= 15 is 0 Å². The number of piperazine rings is 1. The molecular formula is C32H40ClN5O3. The first-order valence-corrected chi connectivity index (χ1v) is 14.6. The van der Waals surface area contributed by atoms with Crippen molar-refractivity contribution >= 4 is 34.7 Å². The van der Waals surface area contributed by atoms with Crippen molar-refractivity contribution in [3.63, 3.8) is 0 Å². The quantitative estimate of drug-likeness (QED) is 0.369. The number of β-amino-alcohol motifs (C(OH)–C–C–N with tert-alkyl or cyclic N) is 1. The Hall–Kier alpha value is -3.20. The molecule has 2 aliphatic rings. The molecule has 1 fully saturated rings. The number of aliphatic hydroxyl groups is 1. The predicted octanol–water partition coefficient (Wildman–Crippen LogP) is 4.96. The molecule has 2 aromatic carbocycles. The van der Waals surface area contributed by atoms with Crippen LogP contribution in [0.1, 0.15) is 50.1 Å². The molecule has 0 saturated carbocycles.